The summed E-state index contributed by atoms with van der Waals surface area (Å²) in [6, 6.07) is 0. The summed E-state index contributed by atoms with van der Waals surface area (Å²) >= 11 is 1.66. The van der Waals surface area contributed by atoms with Crippen LogP contribution in [-0.4, -0.2) is 46.0 Å². The smallest absolute Gasteiger partial charge is 0.231 e. The summed E-state index contributed by atoms with van der Waals surface area (Å²) < 4.78 is 5.58. The summed E-state index contributed by atoms with van der Waals surface area (Å²) in [5, 5.41) is 1.13. The molecule has 0 aliphatic carbocycles. The molecular formula is C13H21N5OS. The monoisotopic (exact) mass is 295 g/mol. The van der Waals surface area contributed by atoms with Crippen LogP contribution in [0, 0.1) is 0 Å². The Labute approximate surface area is 123 Å². The quantitative estimate of drug-likeness (QED) is 0.909. The van der Waals surface area contributed by atoms with Crippen molar-refractivity contribution in [1.29, 1.82) is 0 Å². The number of thioether (sulfide) groups is 1. The van der Waals surface area contributed by atoms with Gasteiger partial charge in [0.1, 0.15) is 0 Å². The molecule has 1 aromatic heterocycles. The molecule has 0 bridgehead atoms. The van der Waals surface area contributed by atoms with Crippen molar-refractivity contribution in [1.82, 2.24) is 15.0 Å². The van der Waals surface area contributed by atoms with Gasteiger partial charge in [-0.3, -0.25) is 0 Å². The minimum absolute atomic E-state index is 0.247. The lowest BCUT2D eigenvalue weighted by atomic mass is 10.1. The van der Waals surface area contributed by atoms with Gasteiger partial charge in [-0.2, -0.15) is 15.0 Å². The van der Waals surface area contributed by atoms with Crippen LogP contribution in [0.2, 0.25) is 0 Å². The van der Waals surface area contributed by atoms with E-state index < -0.39 is 0 Å². The number of ether oxygens (including phenoxy) is 1. The van der Waals surface area contributed by atoms with Gasteiger partial charge in [-0.15, -0.1) is 0 Å². The van der Waals surface area contributed by atoms with Crippen LogP contribution in [0.4, 0.5) is 11.9 Å². The lowest BCUT2D eigenvalue weighted by Gasteiger charge is -2.26. The number of nitrogen functional groups attached to an aromatic ring is 1. The van der Waals surface area contributed by atoms with Crippen molar-refractivity contribution in [3.8, 4) is 0 Å². The van der Waals surface area contributed by atoms with Gasteiger partial charge in [-0.25, -0.2) is 0 Å². The van der Waals surface area contributed by atoms with Crippen molar-refractivity contribution >= 4 is 23.7 Å². The molecule has 2 aliphatic rings. The molecule has 0 amide bonds. The number of nitrogens with two attached hydrogens (primary N) is 1. The van der Waals surface area contributed by atoms with Crippen LogP contribution in [0.15, 0.2) is 5.16 Å². The maximum Gasteiger partial charge on any atom is 0.231 e. The van der Waals surface area contributed by atoms with Crippen LogP contribution in [0.3, 0.4) is 0 Å². The van der Waals surface area contributed by atoms with Gasteiger partial charge < -0.3 is 15.4 Å². The molecule has 1 aromatic rings. The Morgan fingerprint density at radius 1 is 1.20 bits per heavy atom. The minimum atomic E-state index is 0.247. The van der Waals surface area contributed by atoms with Crippen molar-refractivity contribution in [3.05, 3.63) is 0 Å². The molecule has 0 saturated carbocycles. The number of piperidine rings is 1. The van der Waals surface area contributed by atoms with Crippen molar-refractivity contribution in [2.24, 2.45) is 0 Å². The number of anilines is 2. The molecule has 2 atom stereocenters. The Kier molecular flexibility index (Phi) is 4.26. The van der Waals surface area contributed by atoms with E-state index in [-0.39, 0.29) is 6.10 Å². The SMILES string of the molecule is CC1OCCC1Sc1nc(N)nc(N2CCCCC2)n1. The molecule has 2 saturated heterocycles. The highest BCUT2D eigenvalue weighted by molar-refractivity contribution is 7.99. The van der Waals surface area contributed by atoms with E-state index in [9.17, 15) is 0 Å². The molecular weight excluding hydrogens is 274 g/mol. The predicted molar refractivity (Wildman–Crippen MR) is 80.0 cm³/mol. The number of aromatic nitrogens is 3. The third-order valence-corrected chi connectivity index (χ3v) is 5.14. The average molecular weight is 295 g/mol. The average Bonchev–Trinajstić information content (AvgIpc) is 2.85. The fourth-order valence-corrected chi connectivity index (χ4v) is 3.69. The van der Waals surface area contributed by atoms with Crippen LogP contribution in [-0.2, 0) is 4.74 Å². The first-order chi connectivity index (χ1) is 9.72. The maximum atomic E-state index is 5.84. The van der Waals surface area contributed by atoms with Gasteiger partial charge in [-0.1, -0.05) is 11.8 Å². The molecule has 6 nitrogen and oxygen atoms in total. The number of hydrogen-bond donors (Lipinski definition) is 1. The molecule has 0 aromatic carbocycles. The van der Waals surface area contributed by atoms with Gasteiger partial charge in [-0.05, 0) is 32.6 Å². The van der Waals surface area contributed by atoms with Crippen LogP contribution in [0.1, 0.15) is 32.6 Å². The van der Waals surface area contributed by atoms with Gasteiger partial charge in [0, 0.05) is 24.9 Å². The fourth-order valence-electron chi connectivity index (χ4n) is 2.65. The summed E-state index contributed by atoms with van der Waals surface area (Å²) in [6.45, 7) is 4.94. The lowest BCUT2D eigenvalue weighted by molar-refractivity contribution is 0.127. The van der Waals surface area contributed by atoms with Gasteiger partial charge in [0.2, 0.25) is 11.9 Å². The van der Waals surface area contributed by atoms with Gasteiger partial charge in [0.15, 0.2) is 5.16 Å². The molecule has 7 heteroatoms. The van der Waals surface area contributed by atoms with Crippen molar-refractivity contribution < 1.29 is 4.74 Å². The molecule has 3 heterocycles. The molecule has 3 rings (SSSR count). The van der Waals surface area contributed by atoms with Gasteiger partial charge in [0.25, 0.3) is 0 Å². The first kappa shape index (κ1) is 13.9. The second-order valence-electron chi connectivity index (χ2n) is 5.34. The highest BCUT2D eigenvalue weighted by atomic mass is 32.2. The topological polar surface area (TPSA) is 77.2 Å². The van der Waals surface area contributed by atoms with Gasteiger partial charge >= 0.3 is 0 Å². The van der Waals surface area contributed by atoms with Crippen LogP contribution >= 0.6 is 11.8 Å². The summed E-state index contributed by atoms with van der Waals surface area (Å²) in [5.74, 6) is 1.04. The third kappa shape index (κ3) is 3.15. The minimum Gasteiger partial charge on any atom is -0.377 e. The maximum absolute atomic E-state index is 5.84. The zero-order chi connectivity index (χ0) is 13.9. The van der Waals surface area contributed by atoms with Crippen molar-refractivity contribution in [2.75, 3.05) is 30.3 Å². The highest BCUT2D eigenvalue weighted by Gasteiger charge is 2.27. The molecule has 0 radical (unpaired) electrons. The Hall–Kier alpha value is -1.08. The first-order valence-corrected chi connectivity index (χ1v) is 8.15. The Balaban J connectivity index is 1.75. The molecule has 110 valence electrons. The van der Waals surface area contributed by atoms with E-state index >= 15 is 0 Å². The molecule has 2 aliphatic heterocycles. The summed E-state index contributed by atoms with van der Waals surface area (Å²) in [4.78, 5) is 15.3. The van der Waals surface area contributed by atoms with E-state index in [1.54, 1.807) is 11.8 Å². The Bertz CT molecular complexity index is 466. The van der Waals surface area contributed by atoms with E-state index in [2.05, 4.69) is 26.8 Å². The normalized spacial score (nSPS) is 26.9. The van der Waals surface area contributed by atoms with Crippen LogP contribution < -0.4 is 10.6 Å². The molecule has 2 fully saturated rings. The standard InChI is InChI=1S/C13H21N5OS/c1-9-10(5-8-19-9)20-13-16-11(14)15-12(17-13)18-6-3-2-4-7-18/h9-10H,2-8H2,1H3,(H2,14,15,16,17). The number of rotatable bonds is 3. The van der Waals surface area contributed by atoms with Crippen LogP contribution in [0.25, 0.3) is 0 Å². The second-order valence-corrected chi connectivity index (χ2v) is 6.55. The zero-order valence-electron chi connectivity index (χ0n) is 11.8. The summed E-state index contributed by atoms with van der Waals surface area (Å²) in [7, 11) is 0. The Morgan fingerprint density at radius 2 is 2.00 bits per heavy atom. The fraction of sp³-hybridized carbons (Fsp3) is 0.769. The second kappa shape index (κ2) is 6.13. The van der Waals surface area contributed by atoms with E-state index in [1.165, 1.54) is 19.3 Å². The Morgan fingerprint density at radius 3 is 2.70 bits per heavy atom. The number of hydrogen-bond acceptors (Lipinski definition) is 7. The van der Waals surface area contributed by atoms with Crippen LogP contribution in [0.5, 0.6) is 0 Å². The van der Waals surface area contributed by atoms with Crippen molar-refractivity contribution in [2.45, 2.75) is 49.1 Å². The third-order valence-electron chi connectivity index (χ3n) is 3.82. The lowest BCUT2D eigenvalue weighted by Crippen LogP contribution is -2.31. The van der Waals surface area contributed by atoms with E-state index in [0.29, 0.717) is 11.2 Å². The number of nitrogens with zero attached hydrogens (tertiary/aromatic N) is 4. The first-order valence-electron chi connectivity index (χ1n) is 7.27. The molecule has 0 spiro atoms. The van der Waals surface area contributed by atoms with Gasteiger partial charge in [0.05, 0.1) is 6.10 Å². The highest BCUT2D eigenvalue weighted by Crippen LogP contribution is 2.31. The molecule has 2 unspecified atom stereocenters. The predicted octanol–water partition coefficient (Wildman–Crippen LogP) is 1.71. The molecule has 2 N–H and O–H groups in total. The van der Waals surface area contributed by atoms with E-state index in [0.717, 1.165) is 37.2 Å². The summed E-state index contributed by atoms with van der Waals surface area (Å²) in [5.41, 5.74) is 5.84. The summed E-state index contributed by atoms with van der Waals surface area (Å²) in [6.07, 6.45) is 4.96. The van der Waals surface area contributed by atoms with E-state index in [4.69, 9.17) is 10.5 Å². The zero-order valence-corrected chi connectivity index (χ0v) is 12.6. The van der Waals surface area contributed by atoms with E-state index in [1.807, 2.05) is 0 Å². The molecule has 20 heavy (non-hydrogen) atoms. The largest absolute Gasteiger partial charge is 0.377 e. The van der Waals surface area contributed by atoms with Crippen molar-refractivity contribution in [3.63, 3.8) is 0 Å².